The summed E-state index contributed by atoms with van der Waals surface area (Å²) in [5, 5.41) is 6.28. The largest absolute Gasteiger partial charge is 0.454 e. The van der Waals surface area contributed by atoms with Crippen molar-refractivity contribution in [3.05, 3.63) is 53.1 Å². The molecule has 0 bridgehead atoms. The van der Waals surface area contributed by atoms with E-state index in [-0.39, 0.29) is 19.1 Å². The second kappa shape index (κ2) is 8.57. The number of nitrogens with zero attached hydrogens (tertiary/aromatic N) is 1. The molecule has 0 aromatic heterocycles. The number of halogens is 2. The van der Waals surface area contributed by atoms with Crippen molar-refractivity contribution >= 4 is 5.96 Å². The summed E-state index contributed by atoms with van der Waals surface area (Å²) in [6.07, 6.45) is 0. The van der Waals surface area contributed by atoms with E-state index in [0.717, 1.165) is 5.56 Å². The highest BCUT2D eigenvalue weighted by Gasteiger charge is 2.20. The Bertz CT molecular complexity index is 828. The predicted octanol–water partition coefficient (Wildman–Crippen LogP) is 3.19. The third-order valence-electron chi connectivity index (χ3n) is 3.98. The molecule has 8 heteroatoms. The average molecular weight is 377 g/mol. The van der Waals surface area contributed by atoms with Crippen molar-refractivity contribution in [3.63, 3.8) is 0 Å². The molecule has 1 aliphatic heterocycles. The van der Waals surface area contributed by atoms with Crippen LogP contribution in [0.25, 0.3) is 0 Å². The van der Waals surface area contributed by atoms with Crippen LogP contribution < -0.4 is 24.8 Å². The molecule has 3 rings (SSSR count). The minimum absolute atomic E-state index is 0.0379. The van der Waals surface area contributed by atoms with E-state index in [4.69, 9.17) is 9.47 Å². The van der Waals surface area contributed by atoms with Crippen molar-refractivity contribution in [1.82, 2.24) is 10.6 Å². The Morgan fingerprint density at radius 2 is 1.89 bits per heavy atom. The van der Waals surface area contributed by atoms with Gasteiger partial charge in [-0.3, -0.25) is 4.99 Å². The van der Waals surface area contributed by atoms with Crippen LogP contribution in [0.4, 0.5) is 8.78 Å². The number of aryl methyl sites for hydroxylation is 1. The lowest BCUT2D eigenvalue weighted by molar-refractivity contribution is -0.0505. The topological polar surface area (TPSA) is 64.1 Å². The third-order valence-corrected chi connectivity index (χ3v) is 3.98. The Kier molecular flexibility index (Phi) is 5.95. The number of fused-ring (bicyclic) bond motifs is 1. The molecule has 0 unspecified atom stereocenters. The third kappa shape index (κ3) is 4.99. The van der Waals surface area contributed by atoms with Crippen LogP contribution in [0.1, 0.15) is 16.7 Å². The number of alkyl halides is 2. The smallest absolute Gasteiger partial charge is 0.387 e. The van der Waals surface area contributed by atoms with Gasteiger partial charge in [-0.25, -0.2) is 0 Å². The van der Waals surface area contributed by atoms with Crippen molar-refractivity contribution in [3.8, 4) is 17.2 Å². The number of aliphatic imine (C=N–C) groups is 1. The first-order valence-corrected chi connectivity index (χ1v) is 8.42. The fourth-order valence-corrected chi connectivity index (χ4v) is 2.72. The van der Waals surface area contributed by atoms with Gasteiger partial charge in [0.2, 0.25) is 6.79 Å². The van der Waals surface area contributed by atoms with E-state index < -0.39 is 6.61 Å². The average Bonchev–Trinajstić information content (AvgIpc) is 3.08. The van der Waals surface area contributed by atoms with Gasteiger partial charge in [0.25, 0.3) is 0 Å². The second-order valence-electron chi connectivity index (χ2n) is 5.96. The van der Waals surface area contributed by atoms with Crippen LogP contribution in [0, 0.1) is 6.92 Å². The van der Waals surface area contributed by atoms with Gasteiger partial charge in [-0.2, -0.15) is 8.78 Å². The molecular formula is C19H21F2N3O3. The Hall–Kier alpha value is -3.03. The molecule has 1 aliphatic rings. The van der Waals surface area contributed by atoms with Crippen molar-refractivity contribution in [2.75, 3.05) is 13.8 Å². The lowest BCUT2D eigenvalue weighted by Crippen LogP contribution is -2.36. The highest BCUT2D eigenvalue weighted by molar-refractivity contribution is 5.79. The van der Waals surface area contributed by atoms with E-state index in [1.807, 2.05) is 25.1 Å². The number of guanidine groups is 1. The molecule has 0 atom stereocenters. The normalized spacial score (nSPS) is 13.0. The van der Waals surface area contributed by atoms with Crippen LogP contribution >= 0.6 is 0 Å². The van der Waals surface area contributed by atoms with E-state index in [2.05, 4.69) is 26.4 Å². The van der Waals surface area contributed by atoms with Crippen molar-refractivity contribution < 1.29 is 23.0 Å². The fraction of sp³-hybridized carbons (Fsp3) is 0.316. The highest BCUT2D eigenvalue weighted by atomic mass is 19.3. The second-order valence-corrected chi connectivity index (χ2v) is 5.96. The summed E-state index contributed by atoms with van der Waals surface area (Å²) in [7, 11) is 1.64. The number of hydrogen-bond donors (Lipinski definition) is 2. The molecule has 0 aliphatic carbocycles. The molecule has 0 fully saturated rings. The summed E-state index contributed by atoms with van der Waals surface area (Å²) in [6, 6.07) is 11.1. The Balaban J connectivity index is 1.65. The summed E-state index contributed by atoms with van der Waals surface area (Å²) in [6.45, 7) is -0.0292. The Morgan fingerprint density at radius 1 is 1.15 bits per heavy atom. The SMILES string of the molecule is CN=C(NCc1cccc(C)c1)NCc1cc2c(cc1OC(F)F)OCO2. The van der Waals surface area contributed by atoms with E-state index in [0.29, 0.717) is 29.6 Å². The molecule has 0 saturated carbocycles. The first kappa shape index (κ1) is 18.8. The lowest BCUT2D eigenvalue weighted by Gasteiger charge is -2.15. The summed E-state index contributed by atoms with van der Waals surface area (Å²) < 4.78 is 40.6. The maximum absolute atomic E-state index is 12.7. The van der Waals surface area contributed by atoms with E-state index in [1.165, 1.54) is 11.6 Å². The molecule has 144 valence electrons. The molecule has 2 aromatic carbocycles. The van der Waals surface area contributed by atoms with Crippen molar-refractivity contribution in [2.45, 2.75) is 26.6 Å². The zero-order valence-corrected chi connectivity index (χ0v) is 15.1. The van der Waals surface area contributed by atoms with Gasteiger partial charge in [0.05, 0.1) is 0 Å². The van der Waals surface area contributed by atoms with E-state index in [1.54, 1.807) is 13.1 Å². The zero-order chi connectivity index (χ0) is 19.2. The van der Waals surface area contributed by atoms with E-state index >= 15 is 0 Å². The van der Waals surface area contributed by atoms with Crippen LogP contribution in [-0.2, 0) is 13.1 Å². The summed E-state index contributed by atoms with van der Waals surface area (Å²) in [5.74, 6) is 1.46. The fourth-order valence-electron chi connectivity index (χ4n) is 2.72. The number of rotatable bonds is 6. The maximum Gasteiger partial charge on any atom is 0.387 e. The number of ether oxygens (including phenoxy) is 3. The van der Waals surface area contributed by atoms with Gasteiger partial charge in [0, 0.05) is 31.8 Å². The molecule has 0 saturated heterocycles. The van der Waals surface area contributed by atoms with Gasteiger partial charge in [-0.1, -0.05) is 29.8 Å². The van der Waals surface area contributed by atoms with Gasteiger partial charge < -0.3 is 24.8 Å². The molecule has 27 heavy (non-hydrogen) atoms. The van der Waals surface area contributed by atoms with E-state index in [9.17, 15) is 8.78 Å². The van der Waals surface area contributed by atoms with Crippen molar-refractivity contribution in [1.29, 1.82) is 0 Å². The molecule has 0 radical (unpaired) electrons. The first-order valence-electron chi connectivity index (χ1n) is 8.42. The molecule has 2 N–H and O–H groups in total. The predicted molar refractivity (Wildman–Crippen MR) is 97.4 cm³/mol. The Labute approximate surface area is 156 Å². The molecular weight excluding hydrogens is 356 g/mol. The first-order chi connectivity index (χ1) is 13.0. The van der Waals surface area contributed by atoms with Crippen LogP contribution in [0.15, 0.2) is 41.4 Å². The summed E-state index contributed by atoms with van der Waals surface area (Å²) in [5.41, 5.74) is 2.80. The minimum atomic E-state index is -2.93. The monoisotopic (exact) mass is 377 g/mol. The summed E-state index contributed by atoms with van der Waals surface area (Å²) in [4.78, 5) is 4.15. The highest BCUT2D eigenvalue weighted by Crippen LogP contribution is 2.38. The van der Waals surface area contributed by atoms with Gasteiger partial charge in [0.1, 0.15) is 5.75 Å². The lowest BCUT2D eigenvalue weighted by atomic mass is 10.1. The molecule has 1 heterocycles. The molecule has 0 spiro atoms. The maximum atomic E-state index is 12.7. The zero-order valence-electron chi connectivity index (χ0n) is 15.1. The number of hydrogen-bond acceptors (Lipinski definition) is 4. The van der Waals surface area contributed by atoms with Crippen LogP contribution in [0.3, 0.4) is 0 Å². The minimum Gasteiger partial charge on any atom is -0.454 e. The molecule has 0 amide bonds. The Morgan fingerprint density at radius 3 is 2.59 bits per heavy atom. The van der Waals surface area contributed by atoms with Crippen LogP contribution in [0.5, 0.6) is 17.2 Å². The number of benzene rings is 2. The quantitative estimate of drug-likeness (QED) is 0.598. The van der Waals surface area contributed by atoms with Gasteiger partial charge in [-0.15, -0.1) is 0 Å². The van der Waals surface area contributed by atoms with Crippen LogP contribution in [-0.4, -0.2) is 26.4 Å². The van der Waals surface area contributed by atoms with Gasteiger partial charge in [0.15, 0.2) is 17.5 Å². The molecule has 2 aromatic rings. The standard InChI is InChI=1S/C19H21F2N3O3/c1-12-4-3-5-13(6-12)9-23-19(22-2)24-10-14-7-16-17(26-11-25-16)8-15(14)27-18(20)21/h3-8,18H,9-11H2,1-2H3,(H2,22,23,24). The number of nitrogens with one attached hydrogen (secondary N) is 2. The molecule has 6 nitrogen and oxygen atoms in total. The van der Waals surface area contributed by atoms with Gasteiger partial charge in [-0.05, 0) is 18.6 Å². The van der Waals surface area contributed by atoms with Crippen LogP contribution in [0.2, 0.25) is 0 Å². The van der Waals surface area contributed by atoms with Gasteiger partial charge >= 0.3 is 6.61 Å². The summed E-state index contributed by atoms with van der Waals surface area (Å²) >= 11 is 0. The van der Waals surface area contributed by atoms with Crippen molar-refractivity contribution in [2.24, 2.45) is 4.99 Å².